The highest BCUT2D eigenvalue weighted by atomic mass is 35.5. The molecule has 2 amide bonds. The predicted octanol–water partition coefficient (Wildman–Crippen LogP) is 4.44. The van der Waals surface area contributed by atoms with Gasteiger partial charge >= 0.3 is 0 Å². The molecular formula is C27H24ClN3O2. The van der Waals surface area contributed by atoms with Crippen LogP contribution in [0.3, 0.4) is 0 Å². The normalized spacial score (nSPS) is 16.7. The Morgan fingerprint density at radius 1 is 0.667 bits per heavy atom. The van der Waals surface area contributed by atoms with Crippen LogP contribution < -0.4 is 4.90 Å². The van der Waals surface area contributed by atoms with Gasteiger partial charge in [0.1, 0.15) is 5.70 Å². The minimum absolute atomic E-state index is 0.154. The van der Waals surface area contributed by atoms with Crippen LogP contribution in [0.5, 0.6) is 0 Å². The van der Waals surface area contributed by atoms with Crippen LogP contribution in [-0.2, 0) is 16.1 Å². The average Bonchev–Trinajstić information content (AvgIpc) is 3.11. The van der Waals surface area contributed by atoms with Gasteiger partial charge in [-0.15, -0.1) is 0 Å². The van der Waals surface area contributed by atoms with Gasteiger partial charge in [0.05, 0.1) is 12.1 Å². The number of para-hydroxylation sites is 1. The largest absolute Gasteiger partial charge is 0.368 e. The number of rotatable bonds is 5. The molecule has 0 aliphatic carbocycles. The zero-order valence-electron chi connectivity index (χ0n) is 18.2. The molecule has 1 fully saturated rings. The van der Waals surface area contributed by atoms with E-state index in [0.29, 0.717) is 29.4 Å². The Balaban J connectivity index is 1.45. The van der Waals surface area contributed by atoms with Gasteiger partial charge in [-0.2, -0.15) is 0 Å². The summed E-state index contributed by atoms with van der Waals surface area (Å²) in [6.45, 7) is 3.04. The van der Waals surface area contributed by atoms with E-state index < -0.39 is 0 Å². The number of carbonyl (C=O) groups is 2. The Hall–Kier alpha value is -3.57. The topological polar surface area (TPSA) is 43.9 Å². The Morgan fingerprint density at radius 2 is 1.24 bits per heavy atom. The maximum Gasteiger partial charge on any atom is 0.278 e. The van der Waals surface area contributed by atoms with E-state index in [1.165, 1.54) is 10.6 Å². The molecule has 166 valence electrons. The molecule has 3 aromatic carbocycles. The summed E-state index contributed by atoms with van der Waals surface area (Å²) in [5.41, 5.74) is 3.65. The summed E-state index contributed by atoms with van der Waals surface area (Å²) in [4.78, 5) is 32.8. The highest BCUT2D eigenvalue weighted by Crippen LogP contribution is 2.34. The molecule has 2 heterocycles. The first-order valence-corrected chi connectivity index (χ1v) is 11.5. The fraction of sp³-hybridized carbons (Fsp3) is 0.185. The van der Waals surface area contributed by atoms with Crippen molar-refractivity contribution in [2.24, 2.45) is 0 Å². The molecular weight excluding hydrogens is 434 g/mol. The maximum atomic E-state index is 13.6. The minimum Gasteiger partial charge on any atom is -0.368 e. The van der Waals surface area contributed by atoms with E-state index in [1.54, 1.807) is 6.07 Å². The van der Waals surface area contributed by atoms with E-state index in [-0.39, 0.29) is 18.4 Å². The fourth-order valence-corrected chi connectivity index (χ4v) is 4.68. The summed E-state index contributed by atoms with van der Waals surface area (Å²) in [6.07, 6.45) is 0. The van der Waals surface area contributed by atoms with Gasteiger partial charge in [0.25, 0.3) is 11.8 Å². The number of halogens is 1. The van der Waals surface area contributed by atoms with Crippen molar-refractivity contribution < 1.29 is 9.59 Å². The molecule has 5 nitrogen and oxygen atoms in total. The molecule has 5 rings (SSSR count). The van der Waals surface area contributed by atoms with Gasteiger partial charge in [-0.1, -0.05) is 78.3 Å². The zero-order chi connectivity index (χ0) is 22.8. The van der Waals surface area contributed by atoms with Gasteiger partial charge in [0, 0.05) is 36.9 Å². The van der Waals surface area contributed by atoms with Gasteiger partial charge in [-0.05, 0) is 29.3 Å². The van der Waals surface area contributed by atoms with Crippen LogP contribution >= 0.6 is 11.6 Å². The number of hydrogen-bond acceptors (Lipinski definition) is 4. The van der Waals surface area contributed by atoms with Gasteiger partial charge < -0.3 is 9.80 Å². The molecule has 0 radical (unpaired) electrons. The van der Waals surface area contributed by atoms with E-state index in [4.69, 9.17) is 11.6 Å². The van der Waals surface area contributed by atoms with Crippen LogP contribution in [0.4, 0.5) is 5.69 Å². The molecule has 6 heteroatoms. The molecule has 0 saturated carbocycles. The number of imide groups is 1. The molecule has 1 saturated heterocycles. The zero-order valence-corrected chi connectivity index (χ0v) is 18.9. The summed E-state index contributed by atoms with van der Waals surface area (Å²) >= 11 is 6.33. The molecule has 0 aromatic heterocycles. The first kappa shape index (κ1) is 21.3. The SMILES string of the molecule is O=C1C(c2ccccc2)=C(N2CCN(c3ccccc3)CC2)C(=O)N1Cc1ccccc1Cl. The van der Waals surface area contributed by atoms with Crippen molar-refractivity contribution in [1.29, 1.82) is 0 Å². The average molecular weight is 458 g/mol. The summed E-state index contributed by atoms with van der Waals surface area (Å²) in [5.74, 6) is -0.529. The molecule has 0 unspecified atom stereocenters. The summed E-state index contributed by atoms with van der Waals surface area (Å²) in [6, 6.07) is 27.1. The lowest BCUT2D eigenvalue weighted by molar-refractivity contribution is -0.138. The van der Waals surface area contributed by atoms with Crippen molar-refractivity contribution in [1.82, 2.24) is 9.80 Å². The lowest BCUT2D eigenvalue weighted by Gasteiger charge is -2.37. The van der Waals surface area contributed by atoms with Gasteiger partial charge in [0.2, 0.25) is 0 Å². The van der Waals surface area contributed by atoms with Crippen molar-refractivity contribution in [3.05, 3.63) is 107 Å². The van der Waals surface area contributed by atoms with Crippen LogP contribution in [0.1, 0.15) is 11.1 Å². The first-order valence-electron chi connectivity index (χ1n) is 11.1. The quantitative estimate of drug-likeness (QED) is 0.531. The summed E-state index contributed by atoms with van der Waals surface area (Å²) in [5, 5.41) is 0.546. The highest BCUT2D eigenvalue weighted by Gasteiger charge is 2.42. The monoisotopic (exact) mass is 457 g/mol. The summed E-state index contributed by atoms with van der Waals surface area (Å²) in [7, 11) is 0. The molecule has 0 spiro atoms. The van der Waals surface area contributed by atoms with Crippen LogP contribution in [0.25, 0.3) is 5.57 Å². The van der Waals surface area contributed by atoms with E-state index in [0.717, 1.165) is 24.2 Å². The molecule has 0 N–H and O–H groups in total. The highest BCUT2D eigenvalue weighted by molar-refractivity contribution is 6.35. The second-order valence-electron chi connectivity index (χ2n) is 8.19. The predicted molar refractivity (Wildman–Crippen MR) is 131 cm³/mol. The van der Waals surface area contributed by atoms with Crippen molar-refractivity contribution in [3.63, 3.8) is 0 Å². The number of benzene rings is 3. The molecule has 2 aliphatic rings. The number of hydrogen-bond donors (Lipinski definition) is 0. The van der Waals surface area contributed by atoms with Crippen LogP contribution in [0.2, 0.25) is 5.02 Å². The second-order valence-corrected chi connectivity index (χ2v) is 8.59. The van der Waals surface area contributed by atoms with Crippen LogP contribution in [-0.4, -0.2) is 47.8 Å². The lowest BCUT2D eigenvalue weighted by Crippen LogP contribution is -2.47. The third-order valence-electron chi connectivity index (χ3n) is 6.21. The molecule has 3 aromatic rings. The Bertz CT molecular complexity index is 1200. The Morgan fingerprint density at radius 3 is 1.91 bits per heavy atom. The van der Waals surface area contributed by atoms with Crippen LogP contribution in [0, 0.1) is 0 Å². The third-order valence-corrected chi connectivity index (χ3v) is 6.58. The molecule has 2 aliphatic heterocycles. The number of piperazine rings is 1. The van der Waals surface area contributed by atoms with E-state index in [1.807, 2.05) is 66.7 Å². The van der Waals surface area contributed by atoms with Gasteiger partial charge in [-0.3, -0.25) is 14.5 Å². The standard InChI is InChI=1S/C27H24ClN3O2/c28-23-14-8-7-11-21(23)19-31-26(32)24(20-9-3-1-4-10-20)25(27(31)33)30-17-15-29(16-18-30)22-12-5-2-6-13-22/h1-14H,15-19H2. The third kappa shape index (κ3) is 4.12. The fourth-order valence-electron chi connectivity index (χ4n) is 4.49. The number of anilines is 1. The smallest absolute Gasteiger partial charge is 0.278 e. The van der Waals surface area contributed by atoms with E-state index in [2.05, 4.69) is 21.9 Å². The number of carbonyl (C=O) groups excluding carboxylic acids is 2. The van der Waals surface area contributed by atoms with Crippen molar-refractivity contribution >= 4 is 34.7 Å². The van der Waals surface area contributed by atoms with Gasteiger partial charge in [-0.25, -0.2) is 0 Å². The maximum absolute atomic E-state index is 13.6. The van der Waals surface area contributed by atoms with Gasteiger partial charge in [0.15, 0.2) is 0 Å². The Kier molecular flexibility index (Phi) is 5.88. The van der Waals surface area contributed by atoms with E-state index >= 15 is 0 Å². The number of nitrogens with zero attached hydrogens (tertiary/aromatic N) is 3. The molecule has 0 atom stereocenters. The first-order chi connectivity index (χ1) is 16.1. The van der Waals surface area contributed by atoms with Crippen LogP contribution in [0.15, 0.2) is 90.6 Å². The van der Waals surface area contributed by atoms with Crippen molar-refractivity contribution in [2.45, 2.75) is 6.54 Å². The van der Waals surface area contributed by atoms with E-state index in [9.17, 15) is 9.59 Å². The van der Waals surface area contributed by atoms with Crippen molar-refractivity contribution in [3.8, 4) is 0 Å². The second kappa shape index (κ2) is 9.12. The summed E-state index contributed by atoms with van der Waals surface area (Å²) < 4.78 is 0. The lowest BCUT2D eigenvalue weighted by atomic mass is 10.0. The molecule has 0 bridgehead atoms. The Labute approximate surface area is 198 Å². The van der Waals surface area contributed by atoms with Crippen molar-refractivity contribution in [2.75, 3.05) is 31.1 Å². The molecule has 33 heavy (non-hydrogen) atoms. The number of amides is 2. The minimum atomic E-state index is -0.272.